The van der Waals surface area contributed by atoms with Crippen molar-refractivity contribution < 1.29 is 14.3 Å². The predicted octanol–water partition coefficient (Wildman–Crippen LogP) is 4.08. The SMILES string of the molecule is COc1ccc(CCN(CCC(=O)Nc2cccc(Cl)c2C)C(C)=O)cc1. The zero-order valence-corrected chi connectivity index (χ0v) is 16.7. The number of carbonyl (C=O) groups is 2. The van der Waals surface area contributed by atoms with Crippen LogP contribution in [-0.2, 0) is 16.0 Å². The molecule has 0 unspecified atom stereocenters. The minimum atomic E-state index is -0.143. The molecule has 0 aliphatic carbocycles. The molecule has 0 aromatic heterocycles. The molecule has 0 bridgehead atoms. The fourth-order valence-corrected chi connectivity index (χ4v) is 2.85. The highest BCUT2D eigenvalue weighted by Crippen LogP contribution is 2.23. The van der Waals surface area contributed by atoms with Crippen molar-refractivity contribution >= 4 is 29.1 Å². The molecule has 1 N–H and O–H groups in total. The molecule has 144 valence electrons. The number of methoxy groups -OCH3 is 1. The van der Waals surface area contributed by atoms with E-state index in [1.165, 1.54) is 6.92 Å². The van der Waals surface area contributed by atoms with Gasteiger partial charge in [-0.25, -0.2) is 0 Å². The van der Waals surface area contributed by atoms with Crippen molar-refractivity contribution in [2.75, 3.05) is 25.5 Å². The highest BCUT2D eigenvalue weighted by Gasteiger charge is 2.12. The van der Waals surface area contributed by atoms with Gasteiger partial charge in [-0.15, -0.1) is 0 Å². The van der Waals surface area contributed by atoms with E-state index in [2.05, 4.69) is 5.32 Å². The lowest BCUT2D eigenvalue weighted by Crippen LogP contribution is -2.33. The van der Waals surface area contributed by atoms with Gasteiger partial charge in [0.1, 0.15) is 5.75 Å². The Bertz CT molecular complexity index is 791. The second-order valence-electron chi connectivity index (χ2n) is 6.31. The number of amides is 2. The topological polar surface area (TPSA) is 58.6 Å². The summed E-state index contributed by atoms with van der Waals surface area (Å²) in [5, 5.41) is 3.47. The zero-order valence-electron chi connectivity index (χ0n) is 15.9. The van der Waals surface area contributed by atoms with E-state index >= 15 is 0 Å². The summed E-state index contributed by atoms with van der Waals surface area (Å²) < 4.78 is 5.15. The lowest BCUT2D eigenvalue weighted by atomic mass is 10.1. The van der Waals surface area contributed by atoms with Crippen molar-refractivity contribution in [2.45, 2.75) is 26.7 Å². The highest BCUT2D eigenvalue weighted by atomic mass is 35.5. The van der Waals surface area contributed by atoms with Crippen molar-refractivity contribution in [2.24, 2.45) is 0 Å². The number of rotatable bonds is 8. The molecule has 2 amide bonds. The van der Waals surface area contributed by atoms with Crippen LogP contribution in [0.3, 0.4) is 0 Å². The number of ether oxygens (including phenoxy) is 1. The van der Waals surface area contributed by atoms with E-state index in [0.29, 0.717) is 23.8 Å². The first-order valence-corrected chi connectivity index (χ1v) is 9.22. The van der Waals surface area contributed by atoms with Crippen molar-refractivity contribution in [1.29, 1.82) is 0 Å². The minimum absolute atomic E-state index is 0.0461. The summed E-state index contributed by atoms with van der Waals surface area (Å²) in [5.41, 5.74) is 2.64. The highest BCUT2D eigenvalue weighted by molar-refractivity contribution is 6.31. The molecule has 27 heavy (non-hydrogen) atoms. The molecular weight excluding hydrogens is 364 g/mol. The lowest BCUT2D eigenvalue weighted by molar-refractivity contribution is -0.129. The Morgan fingerprint density at radius 2 is 1.81 bits per heavy atom. The summed E-state index contributed by atoms with van der Waals surface area (Å²) in [7, 11) is 1.63. The van der Waals surface area contributed by atoms with E-state index < -0.39 is 0 Å². The average molecular weight is 389 g/mol. The Morgan fingerprint density at radius 1 is 1.11 bits per heavy atom. The summed E-state index contributed by atoms with van der Waals surface area (Å²) >= 11 is 6.07. The second kappa shape index (κ2) is 9.97. The molecule has 0 atom stereocenters. The first-order valence-electron chi connectivity index (χ1n) is 8.84. The van der Waals surface area contributed by atoms with Crippen LogP contribution >= 0.6 is 11.6 Å². The van der Waals surface area contributed by atoms with Gasteiger partial charge in [0.15, 0.2) is 0 Å². The quantitative estimate of drug-likeness (QED) is 0.741. The van der Waals surface area contributed by atoms with Crippen LogP contribution in [0.15, 0.2) is 42.5 Å². The third-order valence-corrected chi connectivity index (χ3v) is 4.83. The fourth-order valence-electron chi connectivity index (χ4n) is 2.68. The number of nitrogens with one attached hydrogen (secondary N) is 1. The van der Waals surface area contributed by atoms with E-state index in [9.17, 15) is 9.59 Å². The van der Waals surface area contributed by atoms with Crippen LogP contribution in [0.4, 0.5) is 5.69 Å². The summed E-state index contributed by atoms with van der Waals surface area (Å²) in [6.07, 6.45) is 0.951. The first kappa shape index (κ1) is 20.8. The van der Waals surface area contributed by atoms with Gasteiger partial charge in [0.2, 0.25) is 11.8 Å². The smallest absolute Gasteiger partial charge is 0.226 e. The van der Waals surface area contributed by atoms with Crippen LogP contribution in [0.2, 0.25) is 5.02 Å². The van der Waals surface area contributed by atoms with E-state index in [-0.39, 0.29) is 18.2 Å². The Balaban J connectivity index is 1.86. The molecule has 0 radical (unpaired) electrons. The summed E-state index contributed by atoms with van der Waals surface area (Å²) in [5.74, 6) is 0.612. The fraction of sp³-hybridized carbons (Fsp3) is 0.333. The summed E-state index contributed by atoms with van der Waals surface area (Å²) in [4.78, 5) is 25.8. The second-order valence-corrected chi connectivity index (χ2v) is 6.72. The summed E-state index contributed by atoms with van der Waals surface area (Å²) in [6, 6.07) is 13.1. The van der Waals surface area contributed by atoms with Gasteiger partial charge in [0.25, 0.3) is 0 Å². The van der Waals surface area contributed by atoms with E-state index in [1.807, 2.05) is 37.3 Å². The number of benzene rings is 2. The van der Waals surface area contributed by atoms with Crippen LogP contribution in [0.5, 0.6) is 5.75 Å². The lowest BCUT2D eigenvalue weighted by Gasteiger charge is -2.21. The minimum Gasteiger partial charge on any atom is -0.497 e. The summed E-state index contributed by atoms with van der Waals surface area (Å²) in [6.45, 7) is 4.31. The van der Waals surface area contributed by atoms with Gasteiger partial charge < -0.3 is 15.0 Å². The van der Waals surface area contributed by atoms with Crippen LogP contribution in [-0.4, -0.2) is 36.9 Å². The monoisotopic (exact) mass is 388 g/mol. The molecule has 2 aromatic carbocycles. The van der Waals surface area contributed by atoms with Crippen LogP contribution in [0, 0.1) is 6.92 Å². The van der Waals surface area contributed by atoms with Crippen molar-refractivity contribution in [1.82, 2.24) is 4.90 Å². The normalized spacial score (nSPS) is 10.4. The number of hydrogen-bond donors (Lipinski definition) is 1. The predicted molar refractivity (Wildman–Crippen MR) is 108 cm³/mol. The van der Waals surface area contributed by atoms with E-state index in [0.717, 1.165) is 23.3 Å². The van der Waals surface area contributed by atoms with Gasteiger partial charge >= 0.3 is 0 Å². The van der Waals surface area contributed by atoms with Gasteiger partial charge in [-0.2, -0.15) is 0 Å². The molecule has 2 rings (SSSR count). The third kappa shape index (κ3) is 6.29. The Hall–Kier alpha value is -2.53. The van der Waals surface area contributed by atoms with Crippen LogP contribution in [0.1, 0.15) is 24.5 Å². The maximum atomic E-state index is 12.2. The molecule has 0 aliphatic rings. The molecule has 0 fully saturated rings. The number of halogens is 1. The molecule has 0 heterocycles. The molecule has 0 aliphatic heterocycles. The van der Waals surface area contributed by atoms with Crippen molar-refractivity contribution in [3.63, 3.8) is 0 Å². The first-order chi connectivity index (χ1) is 12.9. The Kier molecular flexibility index (Phi) is 7.67. The number of hydrogen-bond acceptors (Lipinski definition) is 3. The Labute approximate surface area is 165 Å². The van der Waals surface area contributed by atoms with Gasteiger partial charge in [0.05, 0.1) is 7.11 Å². The number of anilines is 1. The maximum Gasteiger partial charge on any atom is 0.226 e. The molecule has 0 spiro atoms. The molecule has 5 nitrogen and oxygen atoms in total. The average Bonchev–Trinajstić information content (AvgIpc) is 2.65. The Morgan fingerprint density at radius 3 is 2.44 bits per heavy atom. The molecule has 0 saturated carbocycles. The zero-order chi connectivity index (χ0) is 19.8. The van der Waals surface area contributed by atoms with E-state index in [1.54, 1.807) is 24.1 Å². The largest absolute Gasteiger partial charge is 0.497 e. The molecule has 2 aromatic rings. The third-order valence-electron chi connectivity index (χ3n) is 4.43. The van der Waals surface area contributed by atoms with Crippen molar-refractivity contribution in [3.8, 4) is 5.75 Å². The van der Waals surface area contributed by atoms with Crippen LogP contribution < -0.4 is 10.1 Å². The van der Waals surface area contributed by atoms with Gasteiger partial charge in [-0.3, -0.25) is 9.59 Å². The standard InChI is InChI=1S/C21H25ClN2O3/c1-15-19(22)5-4-6-20(15)23-21(26)12-14-24(16(2)25)13-11-17-7-9-18(27-3)10-8-17/h4-10H,11-14H2,1-3H3,(H,23,26). The van der Waals surface area contributed by atoms with Gasteiger partial charge in [0, 0.05) is 37.1 Å². The van der Waals surface area contributed by atoms with Crippen molar-refractivity contribution in [3.05, 3.63) is 58.6 Å². The molecular formula is C21H25ClN2O3. The van der Waals surface area contributed by atoms with Crippen LogP contribution in [0.25, 0.3) is 0 Å². The van der Waals surface area contributed by atoms with Gasteiger partial charge in [-0.1, -0.05) is 29.8 Å². The maximum absolute atomic E-state index is 12.2. The van der Waals surface area contributed by atoms with E-state index in [4.69, 9.17) is 16.3 Å². The molecule has 0 saturated heterocycles. The molecule has 6 heteroatoms. The number of carbonyl (C=O) groups excluding carboxylic acids is 2. The van der Waals surface area contributed by atoms with Gasteiger partial charge in [-0.05, 0) is 48.7 Å². The number of nitrogens with zero attached hydrogens (tertiary/aromatic N) is 1.